The Morgan fingerprint density at radius 1 is 0.321 bits per heavy atom. The highest BCUT2D eigenvalue weighted by Crippen LogP contribution is 2.49. The fraction of sp³-hybridized carbons (Fsp3) is 0. The predicted octanol–water partition coefficient (Wildman–Crippen LogP) is 9.43. The standard InChI is InChI=1S/C48H24B2O3S3/c1-7-25(23-27(9-1)29-19-21-35-43-47(29)53-34-14-4-13-33-42(34)49(43)41-31(51-33)11-3-12-32(41)52-35)26-8-2-10-28(24-26)30-20-22-40-46-48(30)56-39-18-6-17-38-45(39)50(46)44-36(54-38)15-5-16-37(44)55-40/h1-24H. The van der Waals surface area contributed by atoms with E-state index in [4.69, 9.17) is 14.2 Å². The Bertz CT molecular complexity index is 2860. The van der Waals surface area contributed by atoms with Crippen LogP contribution in [0.15, 0.2) is 175 Å². The molecule has 0 radical (unpaired) electrons. The van der Waals surface area contributed by atoms with E-state index in [0.29, 0.717) is 0 Å². The molecule has 14 rings (SSSR count). The maximum atomic E-state index is 6.83. The van der Waals surface area contributed by atoms with Gasteiger partial charge in [-0.15, -0.1) is 0 Å². The molecule has 0 aromatic heterocycles. The normalized spacial score (nSPS) is 14.6. The third-order valence-electron chi connectivity index (χ3n) is 12.1. The molecule has 0 aliphatic carbocycles. The van der Waals surface area contributed by atoms with Crippen molar-refractivity contribution in [3.63, 3.8) is 0 Å². The summed E-state index contributed by atoms with van der Waals surface area (Å²) in [6, 6.07) is 52.8. The minimum atomic E-state index is -0.0200. The lowest BCUT2D eigenvalue weighted by Gasteiger charge is -2.38. The van der Waals surface area contributed by atoms with E-state index in [-0.39, 0.29) is 13.4 Å². The van der Waals surface area contributed by atoms with Crippen LogP contribution in [-0.2, 0) is 0 Å². The maximum Gasteiger partial charge on any atom is 0.270 e. The molecule has 8 aromatic rings. The largest absolute Gasteiger partial charge is 0.458 e. The van der Waals surface area contributed by atoms with Crippen molar-refractivity contribution in [1.82, 2.24) is 0 Å². The van der Waals surface area contributed by atoms with Gasteiger partial charge in [-0.3, -0.25) is 0 Å². The Labute approximate surface area is 336 Å². The van der Waals surface area contributed by atoms with E-state index in [1.54, 1.807) is 0 Å². The average molecular weight is 767 g/mol. The van der Waals surface area contributed by atoms with Crippen molar-refractivity contribution < 1.29 is 14.2 Å². The SMILES string of the molecule is c1cc(-c2cccc(-c3ccc4c5c3Sc3cccc6c3B5c3c(cccc3S4)S6)c2)cc(-c2ccc3c4c2Oc2cccc5c2B4c2c(cccc2O3)O5)c1. The van der Waals surface area contributed by atoms with E-state index in [1.165, 1.54) is 62.5 Å². The Morgan fingerprint density at radius 3 is 1.39 bits per heavy atom. The van der Waals surface area contributed by atoms with Crippen LogP contribution < -0.4 is 47.0 Å². The van der Waals surface area contributed by atoms with Crippen LogP contribution >= 0.6 is 35.3 Å². The molecule has 0 amide bonds. The molecular weight excluding hydrogens is 742 g/mol. The van der Waals surface area contributed by atoms with Gasteiger partial charge in [0.2, 0.25) is 6.71 Å². The zero-order chi connectivity index (χ0) is 36.2. The molecule has 3 nitrogen and oxygen atoms in total. The van der Waals surface area contributed by atoms with Gasteiger partial charge in [0.15, 0.2) is 0 Å². The van der Waals surface area contributed by atoms with Crippen LogP contribution in [0, 0.1) is 0 Å². The number of hydrogen-bond donors (Lipinski definition) is 0. The van der Waals surface area contributed by atoms with Crippen LogP contribution in [0.1, 0.15) is 0 Å². The molecule has 56 heavy (non-hydrogen) atoms. The van der Waals surface area contributed by atoms with Crippen molar-refractivity contribution in [2.24, 2.45) is 0 Å². The quantitative estimate of drug-likeness (QED) is 0.167. The second-order valence-corrected chi connectivity index (χ2v) is 18.2. The van der Waals surface area contributed by atoms with Crippen molar-refractivity contribution in [3.05, 3.63) is 146 Å². The molecule has 0 saturated heterocycles. The highest BCUT2D eigenvalue weighted by atomic mass is 32.2. The van der Waals surface area contributed by atoms with E-state index >= 15 is 0 Å². The first-order chi connectivity index (χ1) is 27.7. The first kappa shape index (κ1) is 30.5. The number of rotatable bonds is 3. The lowest BCUT2D eigenvalue weighted by Crippen LogP contribution is -2.60. The molecule has 258 valence electrons. The third-order valence-corrected chi connectivity index (χ3v) is 15.7. The molecule has 0 fully saturated rings. The summed E-state index contributed by atoms with van der Waals surface area (Å²) in [4.78, 5) is 8.32. The number of benzene rings is 8. The monoisotopic (exact) mass is 766 g/mol. The fourth-order valence-electron chi connectivity index (χ4n) is 9.80. The van der Waals surface area contributed by atoms with Crippen molar-refractivity contribution in [3.8, 4) is 67.9 Å². The van der Waals surface area contributed by atoms with Crippen LogP contribution in [0.5, 0.6) is 34.5 Å². The van der Waals surface area contributed by atoms with Gasteiger partial charge in [0, 0.05) is 51.3 Å². The van der Waals surface area contributed by atoms with Gasteiger partial charge in [-0.25, -0.2) is 0 Å². The molecule has 0 spiro atoms. The van der Waals surface area contributed by atoms with Crippen LogP contribution in [0.2, 0.25) is 0 Å². The molecule has 0 atom stereocenters. The van der Waals surface area contributed by atoms with Gasteiger partial charge >= 0.3 is 0 Å². The first-order valence-electron chi connectivity index (χ1n) is 18.9. The summed E-state index contributed by atoms with van der Waals surface area (Å²) in [6.07, 6.45) is 0. The summed E-state index contributed by atoms with van der Waals surface area (Å²) in [6.45, 7) is 0.249. The highest BCUT2D eigenvalue weighted by molar-refractivity contribution is 8.02. The molecule has 8 heteroatoms. The van der Waals surface area contributed by atoms with E-state index in [0.717, 1.165) is 67.6 Å². The van der Waals surface area contributed by atoms with E-state index in [9.17, 15) is 0 Å². The second-order valence-electron chi connectivity index (χ2n) is 15.0. The van der Waals surface area contributed by atoms with Crippen LogP contribution in [-0.4, -0.2) is 13.4 Å². The van der Waals surface area contributed by atoms with Gasteiger partial charge in [0.25, 0.3) is 6.71 Å². The van der Waals surface area contributed by atoms with Crippen molar-refractivity contribution in [1.29, 1.82) is 0 Å². The summed E-state index contributed by atoms with van der Waals surface area (Å²) >= 11 is 5.81. The van der Waals surface area contributed by atoms with Crippen molar-refractivity contribution >= 4 is 81.5 Å². The Morgan fingerprint density at radius 2 is 0.768 bits per heavy atom. The molecule has 8 aromatic carbocycles. The van der Waals surface area contributed by atoms with Gasteiger partial charge in [-0.05, 0) is 123 Å². The first-order valence-corrected chi connectivity index (χ1v) is 21.3. The van der Waals surface area contributed by atoms with Crippen LogP contribution in [0.3, 0.4) is 0 Å². The smallest absolute Gasteiger partial charge is 0.270 e. The molecule has 0 N–H and O–H groups in total. The van der Waals surface area contributed by atoms with Gasteiger partial charge in [-0.2, -0.15) is 0 Å². The lowest BCUT2D eigenvalue weighted by atomic mass is 9.33. The fourth-order valence-corrected chi connectivity index (χ4v) is 13.7. The average Bonchev–Trinajstić information content (AvgIpc) is 3.24. The number of ether oxygens (including phenoxy) is 3. The van der Waals surface area contributed by atoms with Crippen molar-refractivity contribution in [2.75, 3.05) is 0 Å². The Hall–Kier alpha value is -5.66. The molecule has 6 aliphatic heterocycles. The van der Waals surface area contributed by atoms with Crippen LogP contribution in [0.4, 0.5) is 0 Å². The summed E-state index contributed by atoms with van der Waals surface area (Å²) < 4.78 is 19.8. The predicted molar refractivity (Wildman–Crippen MR) is 230 cm³/mol. The zero-order valence-electron chi connectivity index (χ0n) is 29.5. The van der Waals surface area contributed by atoms with Gasteiger partial charge in [-0.1, -0.05) is 102 Å². The molecule has 0 bridgehead atoms. The third kappa shape index (κ3) is 4.01. The van der Waals surface area contributed by atoms with E-state index in [1.807, 2.05) is 65.6 Å². The van der Waals surface area contributed by atoms with E-state index < -0.39 is 0 Å². The van der Waals surface area contributed by atoms with Gasteiger partial charge in [0.1, 0.15) is 34.5 Å². The second kappa shape index (κ2) is 11.0. The number of hydrogen-bond acceptors (Lipinski definition) is 6. The summed E-state index contributed by atoms with van der Waals surface area (Å²) in [5.74, 6) is 5.04. The molecular formula is C48H24B2O3S3. The minimum absolute atomic E-state index is 0.0200. The minimum Gasteiger partial charge on any atom is -0.458 e. The topological polar surface area (TPSA) is 27.7 Å². The molecule has 0 saturated carbocycles. The maximum absolute atomic E-state index is 6.83. The zero-order valence-corrected chi connectivity index (χ0v) is 31.9. The van der Waals surface area contributed by atoms with Crippen LogP contribution in [0.25, 0.3) is 33.4 Å². The van der Waals surface area contributed by atoms with E-state index in [2.05, 4.69) is 115 Å². The molecule has 6 aliphatic rings. The summed E-state index contributed by atoms with van der Waals surface area (Å²) in [7, 11) is 0. The van der Waals surface area contributed by atoms with Crippen molar-refractivity contribution in [2.45, 2.75) is 29.4 Å². The highest BCUT2D eigenvalue weighted by Gasteiger charge is 2.47. The molecule has 6 heterocycles. The lowest BCUT2D eigenvalue weighted by molar-refractivity contribution is 0.443. The Kier molecular flexibility index (Phi) is 6.00. The van der Waals surface area contributed by atoms with Gasteiger partial charge in [0.05, 0.1) is 0 Å². The Balaban J connectivity index is 0.888. The molecule has 0 unspecified atom stereocenters. The van der Waals surface area contributed by atoms with Gasteiger partial charge < -0.3 is 14.2 Å². The summed E-state index contributed by atoms with van der Waals surface area (Å²) in [5.41, 5.74) is 14.7. The summed E-state index contributed by atoms with van der Waals surface area (Å²) in [5, 5.41) is 0.